The fourth-order valence-electron chi connectivity index (χ4n) is 4.11. The number of hydrogen-bond acceptors (Lipinski definition) is 2. The van der Waals surface area contributed by atoms with Gasteiger partial charge in [0.05, 0.1) is 0 Å². The Labute approximate surface area is 189 Å². The summed E-state index contributed by atoms with van der Waals surface area (Å²) in [5.74, 6) is 0.242. The van der Waals surface area contributed by atoms with Gasteiger partial charge in [-0.1, -0.05) is 122 Å². The maximum absolute atomic E-state index is 11.7. The lowest BCUT2D eigenvalue weighted by molar-refractivity contribution is -0.121. The Morgan fingerprint density at radius 1 is 0.500 bits per heavy atom. The van der Waals surface area contributed by atoms with Gasteiger partial charge in [0.25, 0.3) is 0 Å². The predicted molar refractivity (Wildman–Crippen MR) is 134 cm³/mol. The first kappa shape index (κ1) is 29.4. The Morgan fingerprint density at radius 3 is 1.27 bits per heavy atom. The van der Waals surface area contributed by atoms with E-state index in [1.165, 1.54) is 116 Å². The van der Waals surface area contributed by atoms with E-state index >= 15 is 0 Å². The van der Waals surface area contributed by atoms with Crippen molar-refractivity contribution < 1.29 is 4.79 Å². The van der Waals surface area contributed by atoms with Crippen LogP contribution in [0.2, 0.25) is 0 Å². The van der Waals surface area contributed by atoms with E-state index in [0.29, 0.717) is 6.42 Å². The number of carbonyl (C=O) groups excluding carboxylic acids is 1. The summed E-state index contributed by atoms with van der Waals surface area (Å²) in [5.41, 5.74) is 0. The van der Waals surface area contributed by atoms with Gasteiger partial charge in [-0.15, -0.1) is 0 Å². The minimum Gasteiger partial charge on any atom is -0.356 e. The van der Waals surface area contributed by atoms with Gasteiger partial charge < -0.3 is 10.6 Å². The normalized spacial score (nSPS) is 11.1. The van der Waals surface area contributed by atoms with E-state index in [2.05, 4.69) is 17.6 Å². The molecular formula is C27H56N2O. The van der Waals surface area contributed by atoms with Gasteiger partial charge in [0.2, 0.25) is 5.91 Å². The lowest BCUT2D eigenvalue weighted by Gasteiger charge is -2.05. The molecule has 0 saturated heterocycles. The third-order valence-corrected chi connectivity index (χ3v) is 6.18. The van der Waals surface area contributed by atoms with Crippen molar-refractivity contribution >= 4 is 5.91 Å². The number of hydrogen-bond donors (Lipinski definition) is 2. The molecule has 180 valence electrons. The Balaban J connectivity index is 3.08. The molecule has 0 spiro atoms. The lowest BCUT2D eigenvalue weighted by atomic mass is 10.0. The van der Waals surface area contributed by atoms with E-state index in [0.717, 1.165) is 32.4 Å². The molecule has 0 aliphatic carbocycles. The summed E-state index contributed by atoms with van der Waals surface area (Å²) in [5, 5.41) is 6.17. The van der Waals surface area contributed by atoms with Gasteiger partial charge in [0.1, 0.15) is 0 Å². The quantitative estimate of drug-likeness (QED) is 0.146. The Morgan fingerprint density at radius 2 is 0.867 bits per heavy atom. The standard InChI is InChI=1S/C27H56N2O/c1-3-4-5-6-7-8-9-10-11-12-13-14-15-16-17-18-19-20-21-24-27(30)29-26-23-22-25-28-2/h28H,3-26H2,1-2H3,(H,29,30). The van der Waals surface area contributed by atoms with E-state index in [4.69, 9.17) is 0 Å². The maximum atomic E-state index is 11.7. The van der Waals surface area contributed by atoms with Crippen molar-refractivity contribution in [1.29, 1.82) is 0 Å². The van der Waals surface area contributed by atoms with Crippen LogP contribution < -0.4 is 10.6 Å². The molecule has 30 heavy (non-hydrogen) atoms. The molecule has 0 aliphatic rings. The van der Waals surface area contributed by atoms with E-state index in [-0.39, 0.29) is 5.91 Å². The molecule has 3 heteroatoms. The highest BCUT2D eigenvalue weighted by molar-refractivity contribution is 5.75. The first-order valence-corrected chi connectivity index (χ1v) is 13.7. The van der Waals surface area contributed by atoms with Gasteiger partial charge >= 0.3 is 0 Å². The van der Waals surface area contributed by atoms with Crippen LogP contribution in [0.3, 0.4) is 0 Å². The van der Waals surface area contributed by atoms with Crippen molar-refractivity contribution in [2.75, 3.05) is 20.1 Å². The fourth-order valence-corrected chi connectivity index (χ4v) is 4.11. The van der Waals surface area contributed by atoms with Crippen LogP contribution in [0.5, 0.6) is 0 Å². The summed E-state index contributed by atoms with van der Waals surface area (Å²) in [4.78, 5) is 11.7. The molecule has 0 rings (SSSR count). The van der Waals surface area contributed by atoms with Crippen LogP contribution in [0.4, 0.5) is 0 Å². The van der Waals surface area contributed by atoms with Crippen LogP contribution in [0, 0.1) is 0 Å². The van der Waals surface area contributed by atoms with Gasteiger partial charge in [0.15, 0.2) is 0 Å². The summed E-state index contributed by atoms with van der Waals surface area (Å²) < 4.78 is 0. The van der Waals surface area contributed by atoms with Crippen molar-refractivity contribution in [2.24, 2.45) is 0 Å². The molecular weight excluding hydrogens is 368 g/mol. The second-order valence-electron chi connectivity index (χ2n) is 9.27. The zero-order chi connectivity index (χ0) is 22.0. The second kappa shape index (κ2) is 26.5. The van der Waals surface area contributed by atoms with E-state index in [1.54, 1.807) is 0 Å². The Bertz CT molecular complexity index is 333. The van der Waals surface area contributed by atoms with Gasteiger partial charge in [0, 0.05) is 13.0 Å². The lowest BCUT2D eigenvalue weighted by Crippen LogP contribution is -2.24. The molecule has 1 amide bonds. The van der Waals surface area contributed by atoms with E-state index in [1.807, 2.05) is 7.05 Å². The van der Waals surface area contributed by atoms with E-state index < -0.39 is 0 Å². The number of nitrogens with one attached hydrogen (secondary N) is 2. The molecule has 0 bridgehead atoms. The Kier molecular flexibility index (Phi) is 26.0. The average molecular weight is 425 g/mol. The summed E-state index contributed by atoms with van der Waals surface area (Å²) in [6.07, 6.45) is 29.4. The minimum absolute atomic E-state index is 0.242. The molecule has 0 heterocycles. The molecule has 0 atom stereocenters. The zero-order valence-electron chi connectivity index (χ0n) is 20.9. The molecule has 0 aliphatic heterocycles. The third-order valence-electron chi connectivity index (χ3n) is 6.18. The number of rotatable bonds is 25. The highest BCUT2D eigenvalue weighted by Gasteiger charge is 2.00. The number of amides is 1. The molecule has 0 radical (unpaired) electrons. The molecule has 2 N–H and O–H groups in total. The van der Waals surface area contributed by atoms with Gasteiger partial charge in [-0.2, -0.15) is 0 Å². The molecule has 3 nitrogen and oxygen atoms in total. The number of unbranched alkanes of at least 4 members (excludes halogenated alkanes) is 19. The van der Waals surface area contributed by atoms with Crippen molar-refractivity contribution in [3.63, 3.8) is 0 Å². The van der Waals surface area contributed by atoms with Crippen LogP contribution in [-0.4, -0.2) is 26.0 Å². The molecule has 0 aromatic rings. The smallest absolute Gasteiger partial charge is 0.219 e. The molecule has 0 fully saturated rings. The average Bonchev–Trinajstić information content (AvgIpc) is 2.75. The Hall–Kier alpha value is -0.570. The van der Waals surface area contributed by atoms with Crippen LogP contribution in [0.15, 0.2) is 0 Å². The van der Waals surface area contributed by atoms with Gasteiger partial charge in [-0.25, -0.2) is 0 Å². The summed E-state index contributed by atoms with van der Waals surface area (Å²) in [7, 11) is 1.97. The summed E-state index contributed by atoms with van der Waals surface area (Å²) in [6, 6.07) is 0. The van der Waals surface area contributed by atoms with Crippen molar-refractivity contribution in [3.05, 3.63) is 0 Å². The second-order valence-corrected chi connectivity index (χ2v) is 9.27. The van der Waals surface area contributed by atoms with Crippen LogP contribution in [-0.2, 0) is 4.79 Å². The van der Waals surface area contributed by atoms with Crippen LogP contribution in [0.25, 0.3) is 0 Å². The van der Waals surface area contributed by atoms with Crippen molar-refractivity contribution in [2.45, 2.75) is 148 Å². The first-order valence-electron chi connectivity index (χ1n) is 13.7. The minimum atomic E-state index is 0.242. The topological polar surface area (TPSA) is 41.1 Å². The van der Waals surface area contributed by atoms with Crippen LogP contribution >= 0.6 is 0 Å². The van der Waals surface area contributed by atoms with Gasteiger partial charge in [-0.05, 0) is 32.9 Å². The summed E-state index contributed by atoms with van der Waals surface area (Å²) >= 11 is 0. The highest BCUT2D eigenvalue weighted by Crippen LogP contribution is 2.14. The first-order chi connectivity index (χ1) is 14.8. The van der Waals surface area contributed by atoms with E-state index in [9.17, 15) is 4.79 Å². The van der Waals surface area contributed by atoms with Crippen molar-refractivity contribution in [1.82, 2.24) is 10.6 Å². The summed E-state index contributed by atoms with van der Waals surface area (Å²) in [6.45, 7) is 4.16. The fraction of sp³-hybridized carbons (Fsp3) is 0.963. The maximum Gasteiger partial charge on any atom is 0.219 e. The molecule has 0 saturated carbocycles. The molecule has 0 unspecified atom stereocenters. The molecule has 0 aromatic carbocycles. The predicted octanol–water partition coefficient (Wildman–Crippen LogP) is 7.92. The molecule has 0 aromatic heterocycles. The van der Waals surface area contributed by atoms with Gasteiger partial charge in [-0.3, -0.25) is 4.79 Å². The highest BCUT2D eigenvalue weighted by atomic mass is 16.1. The van der Waals surface area contributed by atoms with Crippen molar-refractivity contribution in [3.8, 4) is 0 Å². The van der Waals surface area contributed by atoms with Crippen LogP contribution in [0.1, 0.15) is 148 Å². The SMILES string of the molecule is CCCCCCCCCCCCCCCCCCCCCC(=O)NCCCCNC. The largest absolute Gasteiger partial charge is 0.356 e. The third kappa shape index (κ3) is 25.5. The number of carbonyl (C=O) groups is 1. The zero-order valence-corrected chi connectivity index (χ0v) is 20.9. The monoisotopic (exact) mass is 424 g/mol.